The van der Waals surface area contributed by atoms with Crippen LogP contribution in [-0.2, 0) is 19.6 Å². The summed E-state index contributed by atoms with van der Waals surface area (Å²) in [6, 6.07) is 10.1. The molecular weight excluding hydrogens is 467 g/mol. The molecule has 0 saturated carbocycles. The van der Waals surface area contributed by atoms with Crippen LogP contribution in [0.4, 0.5) is 11.4 Å². The molecule has 0 saturated heterocycles. The summed E-state index contributed by atoms with van der Waals surface area (Å²) in [4.78, 5) is 22.4. The van der Waals surface area contributed by atoms with Crippen molar-refractivity contribution in [1.29, 1.82) is 0 Å². The van der Waals surface area contributed by atoms with Gasteiger partial charge >= 0.3 is 0 Å². The fourth-order valence-corrected chi connectivity index (χ4v) is 4.59. The molecular formula is C16H13BrCl2N2O4S. The number of halogens is 3. The first-order valence-electron chi connectivity index (χ1n) is 7.15. The van der Waals surface area contributed by atoms with Crippen LogP contribution in [0.2, 0.25) is 5.02 Å². The average molecular weight is 480 g/mol. The maximum atomic E-state index is 13.0. The predicted molar refractivity (Wildman–Crippen MR) is 105 cm³/mol. The van der Waals surface area contributed by atoms with Crippen molar-refractivity contribution in [2.24, 2.45) is 0 Å². The number of nitrogens with zero attached hydrogens (tertiary/aromatic N) is 1. The molecule has 0 aliphatic rings. The second-order valence-electron chi connectivity index (χ2n) is 5.17. The van der Waals surface area contributed by atoms with Gasteiger partial charge in [-0.25, -0.2) is 8.42 Å². The summed E-state index contributed by atoms with van der Waals surface area (Å²) >= 11 is 14.8. The second kappa shape index (κ2) is 8.39. The van der Waals surface area contributed by atoms with Crippen molar-refractivity contribution < 1.29 is 18.0 Å². The highest BCUT2D eigenvalue weighted by Gasteiger charge is 2.28. The Bertz CT molecular complexity index is 949. The maximum absolute atomic E-state index is 13.0. The van der Waals surface area contributed by atoms with E-state index in [9.17, 15) is 18.0 Å². The van der Waals surface area contributed by atoms with E-state index in [0.29, 0.717) is 10.2 Å². The summed E-state index contributed by atoms with van der Waals surface area (Å²) in [5, 5.41) is 1.82. The van der Waals surface area contributed by atoms with Crippen LogP contribution >= 0.6 is 39.1 Å². The highest BCUT2D eigenvalue weighted by atomic mass is 79.9. The van der Waals surface area contributed by atoms with E-state index in [1.54, 1.807) is 6.07 Å². The lowest BCUT2D eigenvalue weighted by Gasteiger charge is -2.24. The number of anilines is 2. The number of carbonyl (C=O) groups is 2. The minimum atomic E-state index is -4.11. The molecule has 0 unspecified atom stereocenters. The first-order chi connectivity index (χ1) is 12.1. The van der Waals surface area contributed by atoms with Gasteiger partial charge in [0.25, 0.3) is 10.0 Å². The van der Waals surface area contributed by atoms with Crippen LogP contribution in [0.5, 0.6) is 0 Å². The fraction of sp³-hybridized carbons (Fsp3) is 0.125. The molecule has 1 amide bonds. The molecule has 0 aliphatic heterocycles. The van der Waals surface area contributed by atoms with Gasteiger partial charge < -0.3 is 5.32 Å². The van der Waals surface area contributed by atoms with Gasteiger partial charge in [0.05, 0.1) is 15.6 Å². The van der Waals surface area contributed by atoms with Crippen molar-refractivity contribution in [3.05, 3.63) is 52.0 Å². The number of rotatable bonds is 6. The first-order valence-corrected chi connectivity index (χ1v) is 10.1. The first kappa shape index (κ1) is 20.7. The number of nitrogens with one attached hydrogen (secondary N) is 1. The van der Waals surface area contributed by atoms with Gasteiger partial charge in [-0.15, -0.1) is 0 Å². The van der Waals surface area contributed by atoms with Crippen molar-refractivity contribution >= 4 is 71.7 Å². The molecule has 0 aliphatic carbocycles. The predicted octanol–water partition coefficient (Wildman–Crippen LogP) is 4.02. The summed E-state index contributed by atoms with van der Waals surface area (Å²) in [6.07, 6.45) is 0. The van der Waals surface area contributed by atoms with E-state index < -0.39 is 21.8 Å². The van der Waals surface area contributed by atoms with E-state index in [-0.39, 0.29) is 21.5 Å². The average Bonchev–Trinajstić information content (AvgIpc) is 2.53. The summed E-state index contributed by atoms with van der Waals surface area (Å²) in [5.41, 5.74) is 0.563. The van der Waals surface area contributed by atoms with Gasteiger partial charge in [0.15, 0.2) is 0 Å². The van der Waals surface area contributed by atoms with Crippen LogP contribution < -0.4 is 9.62 Å². The molecule has 2 rings (SSSR count). The summed E-state index contributed by atoms with van der Waals surface area (Å²) in [5.74, 6) is -0.281. The zero-order chi connectivity index (χ0) is 19.5. The van der Waals surface area contributed by atoms with Crippen LogP contribution in [0.15, 0.2) is 51.8 Å². The van der Waals surface area contributed by atoms with Crippen LogP contribution in [0.1, 0.15) is 6.92 Å². The Hall–Kier alpha value is -1.61. The quantitative estimate of drug-likeness (QED) is 0.634. The normalized spacial score (nSPS) is 11.1. The van der Waals surface area contributed by atoms with Crippen LogP contribution in [0.25, 0.3) is 0 Å². The number of sulfonamides is 1. The zero-order valence-corrected chi connectivity index (χ0v) is 17.3. The number of benzene rings is 2. The smallest absolute Gasteiger partial charge is 0.264 e. The minimum absolute atomic E-state index is 0.0801. The molecule has 138 valence electrons. The Morgan fingerprint density at radius 2 is 1.77 bits per heavy atom. The van der Waals surface area contributed by atoms with Crippen molar-refractivity contribution in [1.82, 2.24) is 0 Å². The molecule has 0 atom stereocenters. The van der Waals surface area contributed by atoms with E-state index in [1.165, 1.54) is 43.3 Å². The molecule has 1 N–H and O–H groups in total. The summed E-state index contributed by atoms with van der Waals surface area (Å²) in [6.45, 7) is 0.757. The molecule has 0 bridgehead atoms. The number of amides is 1. The van der Waals surface area contributed by atoms with Crippen molar-refractivity contribution in [3.63, 3.8) is 0 Å². The molecule has 26 heavy (non-hydrogen) atoms. The van der Waals surface area contributed by atoms with E-state index in [1.807, 2.05) is 0 Å². The van der Waals surface area contributed by atoms with E-state index in [0.717, 1.165) is 4.31 Å². The van der Waals surface area contributed by atoms with Gasteiger partial charge in [-0.3, -0.25) is 13.9 Å². The zero-order valence-electron chi connectivity index (χ0n) is 13.4. The molecule has 2 aromatic rings. The number of carbonyl (C=O) groups excluding carboxylic acids is 2. The molecule has 6 nitrogen and oxygen atoms in total. The lowest BCUT2D eigenvalue weighted by atomic mass is 10.3. The Labute approximate surface area is 169 Å². The van der Waals surface area contributed by atoms with E-state index in [4.69, 9.17) is 23.2 Å². The van der Waals surface area contributed by atoms with Crippen molar-refractivity contribution in [3.8, 4) is 0 Å². The van der Waals surface area contributed by atoms with Crippen molar-refractivity contribution in [2.75, 3.05) is 16.2 Å². The Morgan fingerprint density at radius 1 is 1.15 bits per heavy atom. The van der Waals surface area contributed by atoms with E-state index >= 15 is 0 Å². The third-order valence-electron chi connectivity index (χ3n) is 3.21. The maximum Gasteiger partial charge on any atom is 0.264 e. The van der Waals surface area contributed by atoms with Crippen molar-refractivity contribution in [2.45, 2.75) is 11.8 Å². The van der Waals surface area contributed by atoms with Gasteiger partial charge in [0, 0.05) is 17.1 Å². The minimum Gasteiger partial charge on any atom is -0.326 e. The monoisotopic (exact) mass is 478 g/mol. The van der Waals surface area contributed by atoms with E-state index in [2.05, 4.69) is 21.2 Å². The van der Waals surface area contributed by atoms with Crippen LogP contribution in [0, 0.1) is 0 Å². The third-order valence-corrected chi connectivity index (χ3v) is 5.90. The third kappa shape index (κ3) is 4.97. The van der Waals surface area contributed by atoms with Gasteiger partial charge in [-0.1, -0.05) is 27.5 Å². The fourth-order valence-electron chi connectivity index (χ4n) is 2.14. The Morgan fingerprint density at radius 3 is 2.27 bits per heavy atom. The topological polar surface area (TPSA) is 83.6 Å². The van der Waals surface area contributed by atoms with Gasteiger partial charge in [-0.2, -0.15) is 0 Å². The number of hydrogen-bond acceptors (Lipinski definition) is 4. The lowest BCUT2D eigenvalue weighted by molar-refractivity contribution is -0.114. The van der Waals surface area contributed by atoms with Crippen LogP contribution in [-0.4, -0.2) is 26.1 Å². The summed E-state index contributed by atoms with van der Waals surface area (Å²) in [7, 11) is -4.11. The molecule has 0 aromatic heterocycles. The highest BCUT2D eigenvalue weighted by Crippen LogP contribution is 2.33. The highest BCUT2D eigenvalue weighted by molar-refractivity contribution is 9.10. The molecule has 10 heteroatoms. The SMILES string of the molecule is CC(=O)Nc1ccc(S(=O)(=O)N(CC(=O)Cl)c2ccc(Br)cc2Cl)cc1. The number of hydrogen-bond donors (Lipinski definition) is 1. The largest absolute Gasteiger partial charge is 0.326 e. The van der Waals surface area contributed by atoms with Gasteiger partial charge in [0.2, 0.25) is 11.1 Å². The Balaban J connectivity index is 2.49. The Kier molecular flexibility index (Phi) is 6.68. The molecule has 0 heterocycles. The molecule has 0 radical (unpaired) electrons. The summed E-state index contributed by atoms with van der Waals surface area (Å²) < 4.78 is 27.5. The van der Waals surface area contributed by atoms with Gasteiger partial charge in [0.1, 0.15) is 6.54 Å². The lowest BCUT2D eigenvalue weighted by Crippen LogP contribution is -2.34. The molecule has 2 aromatic carbocycles. The molecule has 0 spiro atoms. The molecule has 0 fully saturated rings. The van der Waals surface area contributed by atoms with Gasteiger partial charge in [-0.05, 0) is 54.1 Å². The second-order valence-corrected chi connectivity index (χ2v) is 8.77. The van der Waals surface area contributed by atoms with Crippen LogP contribution in [0.3, 0.4) is 0 Å². The standard InChI is InChI=1S/C16H13BrCl2N2O4S/c1-10(22)20-12-3-5-13(6-4-12)26(24,25)21(9-16(19)23)15-7-2-11(17)8-14(15)18/h2-8H,9H2,1H3,(H,20,22).